The normalized spacial score (nSPS) is 19.3. The standard InChI is InChI=1S/C25H41N3O/c1-3-14-21-22(4-2)26-19-23(24(21)28-17-12-9-13-18-28)27-25(29)20-15-10-7-5-6-8-11-16-20/h19-20H,3-18H2,1-2H3,(H,27,29). The van der Waals surface area contributed by atoms with Crippen LogP contribution in [0.4, 0.5) is 11.4 Å². The van der Waals surface area contributed by atoms with E-state index in [0.29, 0.717) is 0 Å². The Bertz CT molecular complexity index is 642. The van der Waals surface area contributed by atoms with Crippen LogP contribution in [0, 0.1) is 5.92 Å². The number of carbonyl (C=O) groups is 1. The van der Waals surface area contributed by atoms with E-state index >= 15 is 0 Å². The zero-order chi connectivity index (χ0) is 20.5. The lowest BCUT2D eigenvalue weighted by molar-refractivity contribution is -0.120. The fourth-order valence-electron chi connectivity index (χ4n) is 5.10. The summed E-state index contributed by atoms with van der Waals surface area (Å²) in [5.74, 6) is 0.376. The molecule has 0 spiro atoms. The van der Waals surface area contributed by atoms with Gasteiger partial charge in [-0.25, -0.2) is 0 Å². The molecule has 1 aromatic rings. The summed E-state index contributed by atoms with van der Waals surface area (Å²) in [5.41, 5.74) is 4.80. The molecule has 1 amide bonds. The number of aromatic nitrogens is 1. The Morgan fingerprint density at radius 3 is 2.24 bits per heavy atom. The lowest BCUT2D eigenvalue weighted by atomic mass is 9.95. The molecule has 0 bridgehead atoms. The van der Waals surface area contributed by atoms with E-state index in [4.69, 9.17) is 4.98 Å². The smallest absolute Gasteiger partial charge is 0.227 e. The number of amides is 1. The molecule has 2 heterocycles. The summed E-state index contributed by atoms with van der Waals surface area (Å²) in [7, 11) is 0. The van der Waals surface area contributed by atoms with Gasteiger partial charge in [0.2, 0.25) is 5.91 Å². The van der Waals surface area contributed by atoms with Gasteiger partial charge in [-0.1, -0.05) is 58.8 Å². The topological polar surface area (TPSA) is 45.2 Å². The van der Waals surface area contributed by atoms with Crippen molar-refractivity contribution in [1.29, 1.82) is 0 Å². The molecule has 1 saturated heterocycles. The van der Waals surface area contributed by atoms with Crippen LogP contribution in [0.15, 0.2) is 6.20 Å². The van der Waals surface area contributed by atoms with E-state index in [9.17, 15) is 4.79 Å². The highest BCUT2D eigenvalue weighted by Crippen LogP contribution is 2.35. The number of hydrogen-bond acceptors (Lipinski definition) is 3. The first kappa shape index (κ1) is 22.1. The second-order valence-corrected chi connectivity index (χ2v) is 8.98. The predicted octanol–water partition coefficient (Wildman–Crippen LogP) is 6.28. The molecule has 1 N–H and O–H groups in total. The molecule has 0 unspecified atom stereocenters. The number of piperidine rings is 1. The highest BCUT2D eigenvalue weighted by Gasteiger charge is 2.25. The largest absolute Gasteiger partial charge is 0.370 e. The van der Waals surface area contributed by atoms with Gasteiger partial charge in [0.15, 0.2) is 0 Å². The first-order valence-corrected chi connectivity index (χ1v) is 12.3. The van der Waals surface area contributed by atoms with Crippen LogP contribution >= 0.6 is 0 Å². The van der Waals surface area contributed by atoms with Gasteiger partial charge in [0, 0.05) is 24.7 Å². The van der Waals surface area contributed by atoms with E-state index in [1.165, 1.54) is 74.7 Å². The molecule has 3 rings (SSSR count). The maximum absolute atomic E-state index is 13.2. The summed E-state index contributed by atoms with van der Waals surface area (Å²) in [6.45, 7) is 6.62. The minimum atomic E-state index is 0.155. The Morgan fingerprint density at radius 1 is 1.00 bits per heavy atom. The predicted molar refractivity (Wildman–Crippen MR) is 123 cm³/mol. The van der Waals surface area contributed by atoms with Crippen LogP contribution in [0.1, 0.15) is 102 Å². The van der Waals surface area contributed by atoms with E-state index in [2.05, 4.69) is 24.1 Å². The number of hydrogen-bond donors (Lipinski definition) is 1. The van der Waals surface area contributed by atoms with E-state index < -0.39 is 0 Å². The summed E-state index contributed by atoms with van der Waals surface area (Å²) >= 11 is 0. The Labute approximate surface area is 177 Å². The SMILES string of the molecule is CCCc1c(CC)ncc(NC(=O)C2CCCCCCCC2)c1N1CCCCC1. The zero-order valence-corrected chi connectivity index (χ0v) is 18.8. The van der Waals surface area contributed by atoms with Crippen molar-refractivity contribution in [1.82, 2.24) is 4.98 Å². The van der Waals surface area contributed by atoms with Crippen molar-refractivity contribution in [3.63, 3.8) is 0 Å². The van der Waals surface area contributed by atoms with Crippen molar-refractivity contribution in [2.75, 3.05) is 23.3 Å². The summed E-state index contributed by atoms with van der Waals surface area (Å²) in [6, 6.07) is 0. The van der Waals surface area contributed by atoms with Crippen molar-refractivity contribution in [3.8, 4) is 0 Å². The molecule has 0 radical (unpaired) electrons. The molecule has 0 aromatic carbocycles. The zero-order valence-electron chi connectivity index (χ0n) is 18.8. The van der Waals surface area contributed by atoms with Crippen molar-refractivity contribution in [2.24, 2.45) is 5.92 Å². The molecule has 29 heavy (non-hydrogen) atoms. The maximum Gasteiger partial charge on any atom is 0.227 e. The van der Waals surface area contributed by atoms with Gasteiger partial charge in [-0.15, -0.1) is 0 Å². The lowest BCUT2D eigenvalue weighted by Crippen LogP contribution is -2.32. The average molecular weight is 400 g/mol. The molecule has 2 aliphatic rings. The van der Waals surface area contributed by atoms with E-state index in [-0.39, 0.29) is 11.8 Å². The van der Waals surface area contributed by atoms with Crippen molar-refractivity contribution >= 4 is 17.3 Å². The molecule has 1 aliphatic carbocycles. The van der Waals surface area contributed by atoms with Gasteiger partial charge in [0.05, 0.1) is 17.6 Å². The van der Waals surface area contributed by atoms with E-state index in [1.807, 2.05) is 6.20 Å². The monoisotopic (exact) mass is 399 g/mol. The maximum atomic E-state index is 13.2. The van der Waals surface area contributed by atoms with Crippen LogP contribution in [-0.2, 0) is 17.6 Å². The average Bonchev–Trinajstić information content (AvgIpc) is 2.89. The number of carbonyl (C=O) groups excluding carboxylic acids is 1. The van der Waals surface area contributed by atoms with Crippen LogP contribution in [0.5, 0.6) is 0 Å². The number of anilines is 2. The minimum Gasteiger partial charge on any atom is -0.370 e. The third-order valence-corrected chi connectivity index (χ3v) is 6.73. The molecule has 1 aliphatic heterocycles. The Kier molecular flexibility index (Phi) is 8.82. The summed E-state index contributed by atoms with van der Waals surface area (Å²) in [4.78, 5) is 20.5. The number of nitrogens with zero attached hydrogens (tertiary/aromatic N) is 2. The minimum absolute atomic E-state index is 0.155. The highest BCUT2D eigenvalue weighted by molar-refractivity contribution is 5.96. The molecule has 1 saturated carbocycles. The second kappa shape index (κ2) is 11.6. The van der Waals surface area contributed by atoms with E-state index in [1.54, 1.807) is 0 Å². The van der Waals surface area contributed by atoms with Crippen LogP contribution < -0.4 is 10.2 Å². The molecular weight excluding hydrogens is 358 g/mol. The number of rotatable bonds is 6. The Hall–Kier alpha value is -1.58. The van der Waals surface area contributed by atoms with Crippen LogP contribution in [0.3, 0.4) is 0 Å². The van der Waals surface area contributed by atoms with Crippen molar-refractivity contribution in [2.45, 2.75) is 104 Å². The van der Waals surface area contributed by atoms with E-state index in [0.717, 1.165) is 50.9 Å². The molecule has 162 valence electrons. The van der Waals surface area contributed by atoms with Gasteiger partial charge in [0.25, 0.3) is 0 Å². The molecule has 1 aromatic heterocycles. The van der Waals surface area contributed by atoms with Gasteiger partial charge >= 0.3 is 0 Å². The first-order valence-electron chi connectivity index (χ1n) is 12.3. The number of nitrogens with one attached hydrogen (secondary N) is 1. The third-order valence-electron chi connectivity index (χ3n) is 6.73. The van der Waals surface area contributed by atoms with Gasteiger partial charge < -0.3 is 10.2 Å². The lowest BCUT2D eigenvalue weighted by Gasteiger charge is -2.33. The Balaban J connectivity index is 1.86. The van der Waals surface area contributed by atoms with Gasteiger partial charge in [0.1, 0.15) is 0 Å². The van der Waals surface area contributed by atoms with Crippen LogP contribution in [0.25, 0.3) is 0 Å². The fraction of sp³-hybridized carbons (Fsp3) is 0.760. The highest BCUT2D eigenvalue weighted by atomic mass is 16.1. The van der Waals surface area contributed by atoms with Crippen molar-refractivity contribution in [3.05, 3.63) is 17.5 Å². The molecule has 4 nitrogen and oxygen atoms in total. The van der Waals surface area contributed by atoms with Gasteiger partial charge in [-0.3, -0.25) is 9.78 Å². The third kappa shape index (κ3) is 5.96. The van der Waals surface area contributed by atoms with Crippen LogP contribution in [0.2, 0.25) is 0 Å². The van der Waals surface area contributed by atoms with Gasteiger partial charge in [-0.2, -0.15) is 0 Å². The molecule has 0 atom stereocenters. The number of pyridine rings is 1. The fourth-order valence-corrected chi connectivity index (χ4v) is 5.10. The van der Waals surface area contributed by atoms with Crippen LogP contribution in [-0.4, -0.2) is 24.0 Å². The van der Waals surface area contributed by atoms with Crippen molar-refractivity contribution < 1.29 is 4.79 Å². The molecular formula is C25H41N3O. The summed E-state index contributed by atoms with van der Waals surface area (Å²) in [5, 5.41) is 3.35. The molecule has 2 fully saturated rings. The summed E-state index contributed by atoms with van der Waals surface area (Å²) < 4.78 is 0. The molecule has 4 heteroatoms. The Morgan fingerprint density at radius 2 is 1.62 bits per heavy atom. The summed E-state index contributed by atoms with van der Waals surface area (Å²) in [6.07, 6.45) is 18.5. The number of aryl methyl sites for hydroxylation is 1. The second-order valence-electron chi connectivity index (χ2n) is 8.98. The van der Waals surface area contributed by atoms with Gasteiger partial charge in [-0.05, 0) is 50.5 Å². The first-order chi connectivity index (χ1) is 14.2. The quantitative estimate of drug-likeness (QED) is 0.612.